The first kappa shape index (κ1) is 61.9. The molecule has 1 aromatic heterocycles. The summed E-state index contributed by atoms with van der Waals surface area (Å²) in [7, 11) is 1.67. The molecule has 4 aliphatic heterocycles. The van der Waals surface area contributed by atoms with Crippen LogP contribution in [-0.4, -0.2) is 153 Å². The molecule has 0 aromatic carbocycles. The summed E-state index contributed by atoms with van der Waals surface area (Å²) < 4.78 is 36.8. The molecule has 2 bridgehead atoms. The lowest BCUT2D eigenvalue weighted by Gasteiger charge is -2.43. The van der Waals surface area contributed by atoms with E-state index in [4.69, 9.17) is 28.4 Å². The Kier molecular flexibility index (Phi) is 23.9. The third-order valence-electron chi connectivity index (χ3n) is 17.1. The number of aromatic nitrogens is 4. The molecule has 5 aliphatic rings. The lowest BCUT2D eigenvalue weighted by atomic mass is 9.78. The van der Waals surface area contributed by atoms with Gasteiger partial charge in [0.05, 0.1) is 50.3 Å². The maximum Gasteiger partial charge on any atom is 0.329 e. The molecule has 0 spiro atoms. The quantitative estimate of drug-likeness (QED) is 0.0992. The van der Waals surface area contributed by atoms with Crippen molar-refractivity contribution in [2.45, 2.75) is 200 Å². The van der Waals surface area contributed by atoms with Gasteiger partial charge in [-0.15, -0.1) is 10.2 Å². The number of hydrogen-bond donors (Lipinski definition) is 3. The van der Waals surface area contributed by atoms with Crippen molar-refractivity contribution in [1.29, 1.82) is 0 Å². The van der Waals surface area contributed by atoms with Gasteiger partial charge in [0.15, 0.2) is 5.82 Å². The fourth-order valence-corrected chi connectivity index (χ4v) is 12.0. The first-order chi connectivity index (χ1) is 36.8. The molecule has 77 heavy (non-hydrogen) atoms. The van der Waals surface area contributed by atoms with Crippen molar-refractivity contribution in [3.8, 4) is 0 Å². The number of nitrogens with one attached hydrogen (secondary N) is 1. The van der Waals surface area contributed by atoms with Gasteiger partial charge in [0.25, 0.3) is 11.7 Å². The van der Waals surface area contributed by atoms with Crippen molar-refractivity contribution in [1.82, 2.24) is 25.5 Å². The van der Waals surface area contributed by atoms with E-state index < -0.39 is 71.7 Å². The molecule has 3 saturated heterocycles. The molecule has 18 nitrogen and oxygen atoms in total. The predicted octanol–water partition coefficient (Wildman–Crippen LogP) is 7.38. The maximum absolute atomic E-state index is 14.7. The van der Waals surface area contributed by atoms with Gasteiger partial charge in [-0.1, -0.05) is 83.2 Å². The topological polar surface area (TPSA) is 239 Å². The lowest BCUT2D eigenvalue weighted by Crippen LogP contribution is -2.61. The van der Waals surface area contributed by atoms with Gasteiger partial charge in [-0.2, -0.15) is 5.21 Å². The second-order valence-corrected chi connectivity index (χ2v) is 23.2. The number of aliphatic hydroxyl groups excluding tert-OH is 1. The molecule has 5 heterocycles. The van der Waals surface area contributed by atoms with Gasteiger partial charge in [0.1, 0.15) is 23.7 Å². The Labute approximate surface area is 456 Å². The minimum atomic E-state index is -2.45. The van der Waals surface area contributed by atoms with E-state index in [9.17, 15) is 34.2 Å². The average molecular weight is 1080 g/mol. The van der Waals surface area contributed by atoms with E-state index in [-0.39, 0.29) is 66.8 Å². The second-order valence-electron chi connectivity index (χ2n) is 23.2. The van der Waals surface area contributed by atoms with Crippen LogP contribution in [0.25, 0.3) is 0 Å². The molecule has 18 heteroatoms. The van der Waals surface area contributed by atoms with Crippen molar-refractivity contribution in [3.05, 3.63) is 53.4 Å². The third kappa shape index (κ3) is 17.1. The number of aromatic amines is 1. The highest BCUT2D eigenvalue weighted by Gasteiger charge is 2.53. The van der Waals surface area contributed by atoms with Gasteiger partial charge < -0.3 is 43.5 Å². The molecule has 430 valence electrons. The number of tetrazole rings is 1. The Morgan fingerprint density at radius 2 is 1.68 bits per heavy atom. The number of hydrogen-bond acceptors (Lipinski definition) is 16. The van der Waals surface area contributed by atoms with E-state index in [1.165, 1.54) is 4.90 Å². The van der Waals surface area contributed by atoms with E-state index in [1.54, 1.807) is 34.0 Å². The molecule has 4 fully saturated rings. The van der Waals surface area contributed by atoms with Crippen LogP contribution in [0.1, 0.15) is 151 Å². The van der Waals surface area contributed by atoms with Gasteiger partial charge in [-0.25, -0.2) is 4.79 Å². The van der Waals surface area contributed by atoms with Crippen LogP contribution >= 0.6 is 0 Å². The number of methoxy groups -OCH3 is 1. The molecule has 1 aromatic rings. The number of esters is 1. The number of H-pyrrole nitrogens is 1. The van der Waals surface area contributed by atoms with Crippen LogP contribution in [-0.2, 0) is 58.8 Å². The van der Waals surface area contributed by atoms with E-state index in [0.29, 0.717) is 108 Å². The van der Waals surface area contributed by atoms with Crippen molar-refractivity contribution < 1.29 is 62.6 Å². The number of carbonyl (C=O) groups is 5. The molecule has 15 unspecified atom stereocenters. The maximum atomic E-state index is 14.7. The molecular formula is C59H91N5O13. The number of nitrogens with zero attached hydrogens (tertiary/aromatic N) is 4. The number of amides is 1. The average Bonchev–Trinajstić information content (AvgIpc) is 3.93. The summed E-state index contributed by atoms with van der Waals surface area (Å²) in [5.74, 6) is -7.13. The zero-order valence-electron chi connectivity index (χ0n) is 47.4. The number of fused-ring (bicyclic) bond motifs is 3. The fraction of sp³-hybridized carbons (Fsp3) is 0.763. The van der Waals surface area contributed by atoms with Crippen molar-refractivity contribution in [2.75, 3.05) is 40.1 Å². The van der Waals surface area contributed by atoms with Gasteiger partial charge in [0.2, 0.25) is 5.79 Å². The number of carbonyl (C=O) groups excluding carboxylic acids is 5. The van der Waals surface area contributed by atoms with E-state index >= 15 is 0 Å². The van der Waals surface area contributed by atoms with Crippen LogP contribution in [0.4, 0.5) is 0 Å². The summed E-state index contributed by atoms with van der Waals surface area (Å²) in [5, 5.41) is 38.0. The summed E-state index contributed by atoms with van der Waals surface area (Å²) in [4.78, 5) is 73.4. The van der Waals surface area contributed by atoms with E-state index in [1.807, 2.05) is 52.0 Å². The number of Topliss-reactive ketones (excluding diaryl/α,β-unsaturated/α-hetero) is 3. The standard InChI is InChI=1S/C59H91N5O13/c1-10-46-54(66)40(6)28-36(2)16-12-11-13-17-37(3)50(75-26-23-44-34-73-35-44)32-45-21-19-42(8)59(71,77-45)56(68)57(69)64-25-15-14-18-47(64)58(70)76-51(33-48(65)38(4)29-41(7)55(46)67)39(5)30-43-20-22-49(52(31-43)72-9)74-27-24-53-60-62-63-61-53/h11-13,16-17,29,36,38-40,42-47,49-52,55,67,71H,10,14-15,18-28,30-35H2,1-9H3,(H,60,61,62,63)/b13-11+,16-12+,37-17+,41-29+. The van der Waals surface area contributed by atoms with Gasteiger partial charge in [-0.3, -0.25) is 19.2 Å². The Hall–Kier alpha value is -4.30. The number of piperidine rings is 1. The second kappa shape index (κ2) is 29.8. The van der Waals surface area contributed by atoms with Crippen LogP contribution in [0.15, 0.2) is 47.6 Å². The van der Waals surface area contributed by atoms with Crippen LogP contribution in [0.5, 0.6) is 0 Å². The highest BCUT2D eigenvalue weighted by atomic mass is 16.6. The van der Waals surface area contributed by atoms with E-state index in [2.05, 4.69) is 33.6 Å². The summed E-state index contributed by atoms with van der Waals surface area (Å²) in [6.45, 7) is 17.3. The summed E-state index contributed by atoms with van der Waals surface area (Å²) in [5.41, 5.74) is 1.43. The Morgan fingerprint density at radius 1 is 0.896 bits per heavy atom. The summed E-state index contributed by atoms with van der Waals surface area (Å²) >= 11 is 0. The third-order valence-corrected chi connectivity index (χ3v) is 17.1. The first-order valence-electron chi connectivity index (χ1n) is 28.8. The number of rotatable bonds is 13. The molecule has 1 aliphatic carbocycles. The number of cyclic esters (lactones) is 1. The van der Waals surface area contributed by atoms with Crippen molar-refractivity contribution in [2.24, 2.45) is 47.3 Å². The van der Waals surface area contributed by atoms with Gasteiger partial charge >= 0.3 is 5.97 Å². The lowest BCUT2D eigenvalue weighted by molar-refractivity contribution is -0.266. The van der Waals surface area contributed by atoms with Crippen molar-refractivity contribution >= 4 is 29.2 Å². The van der Waals surface area contributed by atoms with Crippen LogP contribution in [0.3, 0.4) is 0 Å². The van der Waals surface area contributed by atoms with Crippen molar-refractivity contribution in [3.63, 3.8) is 0 Å². The number of aliphatic hydroxyl groups is 2. The highest BCUT2D eigenvalue weighted by Crippen LogP contribution is 2.38. The number of allylic oxidation sites excluding steroid dienone is 6. The Balaban J connectivity index is 1.27. The minimum Gasteiger partial charge on any atom is -0.460 e. The molecule has 3 N–H and O–H groups in total. The smallest absolute Gasteiger partial charge is 0.329 e. The van der Waals surface area contributed by atoms with Crippen LogP contribution < -0.4 is 0 Å². The van der Waals surface area contributed by atoms with Crippen LogP contribution in [0, 0.1) is 47.3 Å². The highest BCUT2D eigenvalue weighted by molar-refractivity contribution is 6.39. The molecule has 1 amide bonds. The normalized spacial score (nSPS) is 37.1. The molecule has 15 atom stereocenters. The monoisotopic (exact) mass is 1080 g/mol. The van der Waals surface area contributed by atoms with Crippen LogP contribution in [0.2, 0.25) is 0 Å². The molecular weight excluding hydrogens is 987 g/mol. The molecule has 0 radical (unpaired) electrons. The predicted molar refractivity (Wildman–Crippen MR) is 288 cm³/mol. The largest absolute Gasteiger partial charge is 0.460 e. The SMILES string of the molecule is CCC1C(=O)C(C)CC(C)/C=C/C=C/C=C(\C)C(OCCC2COC2)CC2CCC(C)C(O)(O2)C(=O)C(=O)N2CCCCC2C(=O)OC(C(C)CC2CCC(OCCc3nn[nH]n3)C(OC)C2)CC(=O)C(C)/C=C(\C)C1O. The van der Waals surface area contributed by atoms with E-state index in [0.717, 1.165) is 24.8 Å². The zero-order valence-corrected chi connectivity index (χ0v) is 47.4. The number of ketones is 3. The fourth-order valence-electron chi connectivity index (χ4n) is 12.0. The Bertz CT molecular complexity index is 2210. The summed E-state index contributed by atoms with van der Waals surface area (Å²) in [6.07, 6.45) is 15.7. The zero-order chi connectivity index (χ0) is 55.8. The Morgan fingerprint density at radius 3 is 2.38 bits per heavy atom. The van der Waals surface area contributed by atoms with Gasteiger partial charge in [-0.05, 0) is 120 Å². The summed E-state index contributed by atoms with van der Waals surface area (Å²) in [6, 6.07) is -1.14. The molecule has 6 rings (SSSR count). The molecule has 1 saturated carbocycles. The first-order valence-corrected chi connectivity index (χ1v) is 28.8. The minimum absolute atomic E-state index is 0.0336. The van der Waals surface area contributed by atoms with Gasteiger partial charge in [0, 0.05) is 69.1 Å². The number of ether oxygens (including phenoxy) is 6.